The number of hydrogen-bond acceptors (Lipinski definition) is 6. The highest BCUT2D eigenvalue weighted by Crippen LogP contribution is 2.38. The molecule has 1 aliphatic heterocycles. The lowest BCUT2D eigenvalue weighted by atomic mass is 9.77. The Morgan fingerprint density at radius 2 is 1.62 bits per heavy atom. The molecule has 1 aromatic rings. The number of ether oxygens (including phenoxy) is 1. The summed E-state index contributed by atoms with van der Waals surface area (Å²) in [5.41, 5.74) is 0.745. The molecule has 0 aliphatic carbocycles. The van der Waals surface area contributed by atoms with E-state index in [1.165, 1.54) is 6.92 Å². The predicted octanol–water partition coefficient (Wildman–Crippen LogP) is 2.58. The minimum Gasteiger partial charge on any atom is -0.460 e. The van der Waals surface area contributed by atoms with Gasteiger partial charge in [-0.05, 0) is 45.7 Å². The van der Waals surface area contributed by atoms with Crippen molar-refractivity contribution in [2.75, 3.05) is 13.2 Å². The molecular weight excluding hydrogens is 373 g/mol. The lowest BCUT2D eigenvalue weighted by Gasteiger charge is -2.32. The smallest absolute Gasteiger partial charge is 0.460 e. The van der Waals surface area contributed by atoms with Crippen molar-refractivity contribution in [2.24, 2.45) is 0 Å². The van der Waals surface area contributed by atoms with E-state index in [2.05, 4.69) is 5.32 Å². The van der Waals surface area contributed by atoms with Crippen LogP contribution < -0.4 is 5.32 Å². The fourth-order valence-electron chi connectivity index (χ4n) is 2.68. The standard InChI is InChI=1S/C21H28BNO6/c1-7-27-19(26)18(25)16-10-8-15(9-11-16)12-17(13-23-14(2)24)22-28-20(3,4)21(5,6)29-22/h8-12H,7,13H2,1-6H3,(H,23,24). The summed E-state index contributed by atoms with van der Waals surface area (Å²) in [4.78, 5) is 35.0. The van der Waals surface area contributed by atoms with Gasteiger partial charge in [-0.1, -0.05) is 30.3 Å². The maximum absolute atomic E-state index is 12.0. The molecule has 1 fully saturated rings. The largest absolute Gasteiger partial charge is 0.492 e. The summed E-state index contributed by atoms with van der Waals surface area (Å²) in [7, 11) is -0.618. The quantitative estimate of drug-likeness (QED) is 0.327. The van der Waals surface area contributed by atoms with Gasteiger partial charge < -0.3 is 19.4 Å². The Morgan fingerprint density at radius 1 is 1.07 bits per heavy atom. The van der Waals surface area contributed by atoms with Crippen LogP contribution in [0.25, 0.3) is 6.08 Å². The van der Waals surface area contributed by atoms with Crippen molar-refractivity contribution < 1.29 is 28.4 Å². The molecular formula is C21H28BNO6. The van der Waals surface area contributed by atoms with Gasteiger partial charge in [-0.25, -0.2) is 4.79 Å². The minimum absolute atomic E-state index is 0.145. The lowest BCUT2D eigenvalue weighted by molar-refractivity contribution is -0.137. The number of benzene rings is 1. The van der Waals surface area contributed by atoms with Crippen molar-refractivity contribution in [3.63, 3.8) is 0 Å². The Labute approximate surface area is 171 Å². The van der Waals surface area contributed by atoms with Crippen LogP contribution in [0, 0.1) is 0 Å². The molecule has 29 heavy (non-hydrogen) atoms. The van der Waals surface area contributed by atoms with Gasteiger partial charge in [-0.15, -0.1) is 0 Å². The van der Waals surface area contributed by atoms with Crippen LogP contribution in [-0.4, -0.2) is 49.1 Å². The van der Waals surface area contributed by atoms with E-state index in [9.17, 15) is 14.4 Å². The summed E-state index contributed by atoms with van der Waals surface area (Å²) >= 11 is 0. The zero-order valence-corrected chi connectivity index (χ0v) is 17.8. The molecule has 1 saturated heterocycles. The highest BCUT2D eigenvalue weighted by atomic mass is 16.7. The highest BCUT2D eigenvalue weighted by Gasteiger charge is 2.52. The Morgan fingerprint density at radius 3 is 2.10 bits per heavy atom. The summed E-state index contributed by atoms with van der Waals surface area (Å²) in [6, 6.07) is 6.55. The van der Waals surface area contributed by atoms with Crippen LogP contribution in [0.15, 0.2) is 29.7 Å². The monoisotopic (exact) mass is 401 g/mol. The Bertz CT molecular complexity index is 797. The average molecular weight is 401 g/mol. The van der Waals surface area contributed by atoms with E-state index in [1.807, 2.05) is 33.8 Å². The average Bonchev–Trinajstić information content (AvgIpc) is 2.86. The van der Waals surface area contributed by atoms with Gasteiger partial charge in [0.05, 0.1) is 17.8 Å². The Balaban J connectivity index is 2.26. The number of rotatable bonds is 7. The first-order chi connectivity index (χ1) is 13.5. The zero-order chi connectivity index (χ0) is 21.8. The molecule has 1 aliphatic rings. The lowest BCUT2D eigenvalue weighted by Crippen LogP contribution is -2.41. The fraction of sp³-hybridized carbons (Fsp3) is 0.476. The summed E-state index contributed by atoms with van der Waals surface area (Å²) in [5, 5.41) is 2.77. The van der Waals surface area contributed by atoms with Gasteiger partial charge in [0.25, 0.3) is 5.78 Å². The topological polar surface area (TPSA) is 90.9 Å². The number of Topliss-reactive ketones (excluding diaryl/α,β-unsaturated/α-hetero) is 1. The van der Waals surface area contributed by atoms with E-state index >= 15 is 0 Å². The summed E-state index contributed by atoms with van der Waals surface area (Å²) in [5.74, 6) is -1.73. The molecule has 0 radical (unpaired) electrons. The molecule has 7 nitrogen and oxygen atoms in total. The van der Waals surface area contributed by atoms with Crippen LogP contribution in [0.4, 0.5) is 0 Å². The number of ketones is 1. The number of esters is 1. The zero-order valence-electron chi connectivity index (χ0n) is 17.8. The molecule has 1 amide bonds. The second kappa shape index (κ2) is 8.92. The van der Waals surface area contributed by atoms with Gasteiger partial charge in [-0.3, -0.25) is 9.59 Å². The number of carbonyl (C=O) groups excluding carboxylic acids is 3. The van der Waals surface area contributed by atoms with Gasteiger partial charge in [-0.2, -0.15) is 0 Å². The predicted molar refractivity (Wildman–Crippen MR) is 110 cm³/mol. The molecule has 1 aromatic carbocycles. The van der Waals surface area contributed by atoms with Crippen LogP contribution in [0.5, 0.6) is 0 Å². The number of amides is 1. The van der Waals surface area contributed by atoms with Gasteiger partial charge in [0.2, 0.25) is 5.91 Å². The van der Waals surface area contributed by atoms with Crippen molar-refractivity contribution in [1.29, 1.82) is 0 Å². The molecule has 1 heterocycles. The van der Waals surface area contributed by atoms with Crippen LogP contribution in [0.1, 0.15) is 57.5 Å². The van der Waals surface area contributed by atoms with E-state index in [0.717, 1.165) is 11.0 Å². The number of nitrogens with one attached hydrogen (secondary N) is 1. The van der Waals surface area contributed by atoms with E-state index in [0.29, 0.717) is 0 Å². The maximum atomic E-state index is 12.0. The van der Waals surface area contributed by atoms with Crippen molar-refractivity contribution in [3.8, 4) is 0 Å². The van der Waals surface area contributed by atoms with Crippen molar-refractivity contribution in [2.45, 2.75) is 52.7 Å². The number of hydrogen-bond donors (Lipinski definition) is 1. The minimum atomic E-state index is -0.876. The first-order valence-corrected chi connectivity index (χ1v) is 9.59. The SMILES string of the molecule is CCOC(=O)C(=O)c1ccc(C=C(CNC(C)=O)B2OC(C)(C)C(C)(C)O2)cc1. The second-order valence-electron chi connectivity index (χ2n) is 7.89. The van der Waals surface area contributed by atoms with Crippen LogP contribution >= 0.6 is 0 Å². The molecule has 156 valence electrons. The molecule has 8 heteroatoms. The second-order valence-corrected chi connectivity index (χ2v) is 7.89. The molecule has 0 saturated carbocycles. The summed E-state index contributed by atoms with van der Waals surface area (Å²) < 4.78 is 16.9. The van der Waals surface area contributed by atoms with E-state index in [1.54, 1.807) is 31.2 Å². The maximum Gasteiger partial charge on any atom is 0.492 e. The first-order valence-electron chi connectivity index (χ1n) is 9.59. The van der Waals surface area contributed by atoms with Gasteiger partial charge in [0, 0.05) is 19.0 Å². The van der Waals surface area contributed by atoms with Gasteiger partial charge in [0.1, 0.15) is 0 Å². The fourth-order valence-corrected chi connectivity index (χ4v) is 2.68. The van der Waals surface area contributed by atoms with Crippen LogP contribution in [0.3, 0.4) is 0 Å². The van der Waals surface area contributed by atoms with Crippen molar-refractivity contribution in [1.82, 2.24) is 5.32 Å². The molecule has 0 aromatic heterocycles. The molecule has 0 atom stereocenters. The summed E-state index contributed by atoms with van der Waals surface area (Å²) in [6.45, 7) is 11.3. The van der Waals surface area contributed by atoms with Crippen molar-refractivity contribution in [3.05, 3.63) is 40.9 Å². The molecule has 0 bridgehead atoms. The first kappa shape index (κ1) is 22.8. The molecule has 0 spiro atoms. The van der Waals surface area contributed by atoms with Gasteiger partial charge in [0.15, 0.2) is 0 Å². The van der Waals surface area contributed by atoms with Crippen molar-refractivity contribution >= 4 is 30.9 Å². The van der Waals surface area contributed by atoms with Crippen LogP contribution in [-0.2, 0) is 23.6 Å². The molecule has 2 rings (SSSR count). The third-order valence-electron chi connectivity index (χ3n) is 5.08. The highest BCUT2D eigenvalue weighted by molar-refractivity contribution is 6.56. The third-order valence-corrected chi connectivity index (χ3v) is 5.08. The van der Waals surface area contributed by atoms with E-state index < -0.39 is 30.1 Å². The van der Waals surface area contributed by atoms with E-state index in [-0.39, 0.29) is 24.6 Å². The third kappa shape index (κ3) is 5.55. The Kier molecular flexibility index (Phi) is 7.03. The van der Waals surface area contributed by atoms with E-state index in [4.69, 9.17) is 14.0 Å². The van der Waals surface area contributed by atoms with Crippen LogP contribution in [0.2, 0.25) is 0 Å². The normalized spacial score (nSPS) is 17.7. The number of carbonyl (C=O) groups is 3. The Hall–Kier alpha value is -2.45. The summed E-state index contributed by atoms with van der Waals surface area (Å²) in [6.07, 6.45) is 1.84. The molecule has 0 unspecified atom stereocenters. The molecule has 1 N–H and O–H groups in total. The van der Waals surface area contributed by atoms with Gasteiger partial charge >= 0.3 is 13.1 Å².